The average molecular weight is 374 g/mol. The van der Waals surface area contributed by atoms with Crippen molar-refractivity contribution in [3.8, 4) is 5.75 Å². The van der Waals surface area contributed by atoms with Crippen LogP contribution in [0.5, 0.6) is 5.75 Å². The van der Waals surface area contributed by atoms with Crippen LogP contribution in [0.4, 0.5) is 5.69 Å². The number of hydrogen-bond donors (Lipinski definition) is 1. The Hall–Kier alpha value is -2.58. The lowest BCUT2D eigenvalue weighted by molar-refractivity contribution is 0.0984. The van der Waals surface area contributed by atoms with Crippen molar-refractivity contribution in [2.75, 3.05) is 11.4 Å². The molecular formula is C17H14N2O4S2. The molecule has 0 unspecified atom stereocenters. The van der Waals surface area contributed by atoms with Crippen LogP contribution in [0.15, 0.2) is 48.5 Å². The van der Waals surface area contributed by atoms with Crippen LogP contribution in [-0.4, -0.2) is 21.4 Å². The summed E-state index contributed by atoms with van der Waals surface area (Å²) >= 11 is 1.29. The van der Waals surface area contributed by atoms with E-state index in [1.54, 1.807) is 31.4 Å². The second kappa shape index (κ2) is 5.75. The maximum absolute atomic E-state index is 12.6. The monoisotopic (exact) mass is 374 g/mol. The first-order valence-corrected chi connectivity index (χ1v) is 9.74. The second-order valence-corrected chi connectivity index (χ2v) is 8.21. The molecule has 0 atom stereocenters. The van der Waals surface area contributed by atoms with E-state index in [2.05, 4.69) is 4.72 Å². The molecule has 2 aromatic carbocycles. The summed E-state index contributed by atoms with van der Waals surface area (Å²) < 4.78 is 34.6. The number of carbonyl (C=O) groups is 1. The van der Waals surface area contributed by atoms with Gasteiger partial charge in [-0.15, -0.1) is 11.3 Å². The third kappa shape index (κ3) is 2.63. The number of rotatable bonds is 3. The van der Waals surface area contributed by atoms with Gasteiger partial charge >= 0.3 is 10.2 Å². The van der Waals surface area contributed by atoms with Crippen LogP contribution in [0.3, 0.4) is 0 Å². The van der Waals surface area contributed by atoms with Gasteiger partial charge in [0.25, 0.3) is 5.91 Å². The topological polar surface area (TPSA) is 75.7 Å². The Bertz CT molecular complexity index is 1070. The smallest absolute Gasteiger partial charge is 0.326 e. The van der Waals surface area contributed by atoms with Gasteiger partial charge in [-0.25, -0.2) is 9.03 Å². The molecule has 1 aliphatic rings. The Morgan fingerprint density at radius 2 is 1.84 bits per heavy atom. The van der Waals surface area contributed by atoms with Crippen LogP contribution in [0.25, 0.3) is 10.1 Å². The van der Waals surface area contributed by atoms with E-state index in [4.69, 9.17) is 4.74 Å². The molecule has 2 heterocycles. The van der Waals surface area contributed by atoms with Gasteiger partial charge in [-0.3, -0.25) is 4.79 Å². The van der Waals surface area contributed by atoms with Gasteiger partial charge < -0.3 is 4.74 Å². The first-order chi connectivity index (χ1) is 12.0. The summed E-state index contributed by atoms with van der Waals surface area (Å²) in [4.78, 5) is 12.6. The molecule has 0 bridgehead atoms. The highest BCUT2D eigenvalue weighted by Gasteiger charge is 2.37. The zero-order valence-corrected chi connectivity index (χ0v) is 14.9. The van der Waals surface area contributed by atoms with Gasteiger partial charge in [0.05, 0.1) is 19.3 Å². The van der Waals surface area contributed by atoms with Gasteiger partial charge in [0, 0.05) is 10.1 Å². The van der Waals surface area contributed by atoms with Crippen LogP contribution in [0, 0.1) is 0 Å². The molecule has 0 fully saturated rings. The van der Waals surface area contributed by atoms with Crippen molar-refractivity contribution in [1.29, 1.82) is 0 Å². The van der Waals surface area contributed by atoms with Crippen molar-refractivity contribution in [3.05, 3.63) is 59.0 Å². The lowest BCUT2D eigenvalue weighted by atomic mass is 10.2. The molecule has 1 aromatic heterocycles. The molecule has 1 amide bonds. The molecule has 3 aromatic rings. The highest BCUT2D eigenvalue weighted by molar-refractivity contribution is 7.91. The fourth-order valence-electron chi connectivity index (χ4n) is 2.83. The zero-order chi connectivity index (χ0) is 17.6. The van der Waals surface area contributed by atoms with Gasteiger partial charge in [-0.05, 0) is 23.8 Å². The molecule has 6 nitrogen and oxygen atoms in total. The molecule has 1 aliphatic heterocycles. The number of methoxy groups -OCH3 is 1. The number of benzene rings is 2. The van der Waals surface area contributed by atoms with E-state index in [0.29, 0.717) is 16.3 Å². The summed E-state index contributed by atoms with van der Waals surface area (Å²) in [5.74, 6) is 0.113. The minimum atomic E-state index is -3.95. The number of anilines is 1. The van der Waals surface area contributed by atoms with Gasteiger partial charge in [0.15, 0.2) is 0 Å². The standard InChI is InChI=1S/C17H14N2O4S2/c1-23-12-8-6-11(7-9-12)10-19-15-13-4-2-3-5-14(13)24-16(15)17(20)18-25(19,21)22/h2-9H,10H2,1H3,(H,18,20). The van der Waals surface area contributed by atoms with Crippen molar-refractivity contribution in [2.24, 2.45) is 0 Å². The lowest BCUT2D eigenvalue weighted by Gasteiger charge is -2.28. The number of fused-ring (bicyclic) bond motifs is 3. The molecule has 25 heavy (non-hydrogen) atoms. The third-order valence-corrected chi connectivity index (χ3v) is 6.52. The van der Waals surface area contributed by atoms with E-state index in [1.165, 1.54) is 15.6 Å². The Labute approximate surface area is 148 Å². The van der Waals surface area contributed by atoms with Crippen molar-refractivity contribution >= 4 is 43.2 Å². The number of nitrogens with zero attached hydrogens (tertiary/aromatic N) is 1. The maximum Gasteiger partial charge on any atom is 0.326 e. The quantitative estimate of drug-likeness (QED) is 0.765. The van der Waals surface area contributed by atoms with Crippen LogP contribution >= 0.6 is 11.3 Å². The van der Waals surface area contributed by atoms with E-state index in [-0.39, 0.29) is 6.54 Å². The minimum Gasteiger partial charge on any atom is -0.497 e. The SMILES string of the molecule is COc1ccc(CN2c3c(sc4ccccc34)C(=O)NS2(=O)=O)cc1. The zero-order valence-electron chi connectivity index (χ0n) is 13.2. The van der Waals surface area contributed by atoms with E-state index in [0.717, 1.165) is 15.6 Å². The third-order valence-electron chi connectivity index (χ3n) is 4.02. The van der Waals surface area contributed by atoms with Crippen molar-refractivity contribution in [1.82, 2.24) is 4.72 Å². The van der Waals surface area contributed by atoms with Crippen LogP contribution in [0.2, 0.25) is 0 Å². The normalized spacial score (nSPS) is 15.7. The predicted octanol–water partition coefficient (Wildman–Crippen LogP) is 2.90. The van der Waals surface area contributed by atoms with Gasteiger partial charge in [0.2, 0.25) is 0 Å². The first kappa shape index (κ1) is 15.9. The molecule has 0 spiro atoms. The van der Waals surface area contributed by atoms with Crippen molar-refractivity contribution in [2.45, 2.75) is 6.54 Å². The fraction of sp³-hybridized carbons (Fsp3) is 0.118. The molecule has 0 saturated heterocycles. The molecule has 0 aliphatic carbocycles. The summed E-state index contributed by atoms with van der Waals surface area (Å²) in [6.07, 6.45) is 0. The van der Waals surface area contributed by atoms with Gasteiger partial charge in [-0.1, -0.05) is 30.3 Å². The van der Waals surface area contributed by atoms with E-state index < -0.39 is 16.1 Å². The predicted molar refractivity (Wildman–Crippen MR) is 97.4 cm³/mol. The number of hydrogen-bond acceptors (Lipinski definition) is 5. The van der Waals surface area contributed by atoms with E-state index >= 15 is 0 Å². The van der Waals surface area contributed by atoms with Crippen LogP contribution in [0.1, 0.15) is 15.2 Å². The summed E-state index contributed by atoms with van der Waals surface area (Å²) in [7, 11) is -2.38. The Balaban J connectivity index is 1.85. The minimum absolute atomic E-state index is 0.125. The van der Waals surface area contributed by atoms with Gasteiger partial charge in [0.1, 0.15) is 10.6 Å². The van der Waals surface area contributed by atoms with Crippen LogP contribution in [-0.2, 0) is 16.8 Å². The average Bonchev–Trinajstić information content (AvgIpc) is 2.98. The maximum atomic E-state index is 12.6. The number of thiophene rings is 1. The molecule has 128 valence electrons. The highest BCUT2D eigenvalue weighted by Crippen LogP contribution is 2.42. The number of ether oxygens (including phenoxy) is 1. The van der Waals surface area contributed by atoms with E-state index in [9.17, 15) is 13.2 Å². The van der Waals surface area contributed by atoms with Crippen molar-refractivity contribution < 1.29 is 17.9 Å². The Kier molecular flexibility index (Phi) is 3.66. The molecular weight excluding hydrogens is 360 g/mol. The summed E-state index contributed by atoms with van der Waals surface area (Å²) in [5, 5.41) is 0.759. The number of carbonyl (C=O) groups excluding carboxylic acids is 1. The largest absolute Gasteiger partial charge is 0.497 e. The van der Waals surface area contributed by atoms with Crippen molar-refractivity contribution in [3.63, 3.8) is 0 Å². The molecule has 0 radical (unpaired) electrons. The van der Waals surface area contributed by atoms with Gasteiger partial charge in [-0.2, -0.15) is 8.42 Å². The number of amides is 1. The highest BCUT2D eigenvalue weighted by atomic mass is 32.2. The number of nitrogens with one attached hydrogen (secondary N) is 1. The molecule has 8 heteroatoms. The first-order valence-electron chi connectivity index (χ1n) is 7.49. The summed E-state index contributed by atoms with van der Waals surface area (Å²) in [6, 6.07) is 14.6. The van der Waals surface area contributed by atoms with E-state index in [1.807, 2.05) is 24.3 Å². The summed E-state index contributed by atoms with van der Waals surface area (Å²) in [5.41, 5.74) is 1.24. The molecule has 4 rings (SSSR count). The van der Waals surface area contributed by atoms with Crippen LogP contribution < -0.4 is 13.8 Å². The molecule has 0 saturated carbocycles. The second-order valence-electron chi connectivity index (χ2n) is 5.57. The Morgan fingerprint density at radius 3 is 2.56 bits per heavy atom. The lowest BCUT2D eigenvalue weighted by Crippen LogP contribution is -2.47. The Morgan fingerprint density at radius 1 is 1.12 bits per heavy atom. The molecule has 1 N–H and O–H groups in total. The summed E-state index contributed by atoms with van der Waals surface area (Å²) in [6.45, 7) is 0.125. The fourth-order valence-corrected chi connectivity index (χ4v) is 5.25.